The highest BCUT2D eigenvalue weighted by Crippen LogP contribution is 2.71. The Kier molecular flexibility index (Phi) is 5.09. The van der Waals surface area contributed by atoms with E-state index in [9.17, 15) is 0 Å². The second-order valence-electron chi connectivity index (χ2n) is 11.9. The van der Waals surface area contributed by atoms with Crippen LogP contribution in [0.5, 0.6) is 0 Å². The molecule has 4 nitrogen and oxygen atoms in total. The van der Waals surface area contributed by atoms with Crippen molar-refractivity contribution in [1.82, 2.24) is 4.67 Å². The predicted octanol–water partition coefficient (Wildman–Crippen LogP) is 6.43. The average molecular weight is 488 g/mol. The number of nitrogens with zero attached hydrogens (tertiary/aromatic N) is 1. The highest BCUT2D eigenvalue weighted by atomic mass is 32.2. The molecule has 0 spiro atoms. The maximum Gasteiger partial charge on any atom is 0.153 e. The van der Waals surface area contributed by atoms with Gasteiger partial charge in [0.25, 0.3) is 0 Å². The van der Waals surface area contributed by atoms with E-state index in [1.807, 2.05) is 0 Å². The van der Waals surface area contributed by atoms with Gasteiger partial charge in [0.15, 0.2) is 5.09 Å². The summed E-state index contributed by atoms with van der Waals surface area (Å²) in [5, 5.41) is 1.99. The Bertz CT molecular complexity index is 866. The molecule has 0 aromatic rings. The molecule has 6 heteroatoms. The molecule has 12 unspecified atom stereocenters. The number of thioether (sulfide) groups is 1. The second kappa shape index (κ2) is 7.97. The van der Waals surface area contributed by atoms with Crippen LogP contribution in [-0.4, -0.2) is 46.7 Å². The summed E-state index contributed by atoms with van der Waals surface area (Å²) in [4.78, 5) is 0. The van der Waals surface area contributed by atoms with Crippen molar-refractivity contribution in [2.45, 2.75) is 106 Å². The molecule has 2 bridgehead atoms. The zero-order valence-electron chi connectivity index (χ0n) is 19.6. The van der Waals surface area contributed by atoms with Crippen LogP contribution in [0, 0.1) is 29.6 Å². The first kappa shape index (κ1) is 21.1. The molecule has 12 atom stereocenters. The summed E-state index contributed by atoms with van der Waals surface area (Å²) in [7, 11) is -0.645. The molecule has 3 aliphatic carbocycles. The van der Waals surface area contributed by atoms with Gasteiger partial charge in [-0.2, -0.15) is 0 Å². The molecule has 0 N–H and O–H groups in total. The lowest BCUT2D eigenvalue weighted by molar-refractivity contribution is -0.123. The molecular weight excluding hydrogens is 449 g/mol. The topological polar surface area (TPSA) is 30.9 Å². The van der Waals surface area contributed by atoms with Crippen LogP contribution in [-0.2, 0) is 14.0 Å². The number of rotatable bonds is 1. The van der Waals surface area contributed by atoms with E-state index in [0.29, 0.717) is 47.0 Å². The standard InChI is InChI=1S/C27H38NO3PS/c1-2-15-18-12-13-21-23(15)25-24-20(30-27(25)33-21)11-10-17-16-7-3-4-8-19(16)31-32(26(17)24)28-14-6-5-9-22(28)29-18/h2,15-24,26H,1,3-14H2. The number of ether oxygens (including phenoxy) is 2. The smallest absolute Gasteiger partial charge is 0.153 e. The van der Waals surface area contributed by atoms with Crippen molar-refractivity contribution in [2.75, 3.05) is 6.54 Å². The molecule has 0 amide bonds. The van der Waals surface area contributed by atoms with Crippen molar-refractivity contribution in [1.29, 1.82) is 0 Å². The van der Waals surface area contributed by atoms with E-state index >= 15 is 0 Å². The summed E-state index contributed by atoms with van der Waals surface area (Å²) in [6, 6.07) is 0. The molecule has 180 valence electrons. The fourth-order valence-corrected chi connectivity index (χ4v) is 14.0. The van der Waals surface area contributed by atoms with Crippen LogP contribution in [0.3, 0.4) is 0 Å². The summed E-state index contributed by atoms with van der Waals surface area (Å²) in [6.45, 7) is 5.52. The van der Waals surface area contributed by atoms with E-state index in [0.717, 1.165) is 18.4 Å². The van der Waals surface area contributed by atoms with Crippen molar-refractivity contribution in [3.8, 4) is 0 Å². The van der Waals surface area contributed by atoms with Gasteiger partial charge in [-0.25, -0.2) is 4.67 Å². The number of fused-ring (bicyclic) bond motifs is 5. The Morgan fingerprint density at radius 1 is 0.879 bits per heavy atom. The van der Waals surface area contributed by atoms with Crippen molar-refractivity contribution in [3.05, 3.63) is 23.3 Å². The van der Waals surface area contributed by atoms with Gasteiger partial charge < -0.3 is 14.0 Å². The third-order valence-corrected chi connectivity index (χ3v) is 14.6. The average Bonchev–Trinajstić information content (AvgIpc) is 3.39. The maximum atomic E-state index is 7.29. The van der Waals surface area contributed by atoms with E-state index in [4.69, 9.17) is 14.0 Å². The Balaban J connectivity index is 1.28. The van der Waals surface area contributed by atoms with E-state index in [-0.39, 0.29) is 6.23 Å². The predicted molar refractivity (Wildman–Crippen MR) is 133 cm³/mol. The number of hydrogen-bond acceptors (Lipinski definition) is 5. The lowest BCUT2D eigenvalue weighted by atomic mass is 9.63. The first-order valence-corrected chi connectivity index (χ1v) is 16.1. The van der Waals surface area contributed by atoms with Crippen LogP contribution < -0.4 is 0 Å². The molecule has 0 aromatic carbocycles. The molecule has 3 saturated carbocycles. The number of hydrogen-bond donors (Lipinski definition) is 0. The molecule has 5 heterocycles. The van der Waals surface area contributed by atoms with Crippen LogP contribution in [0.2, 0.25) is 0 Å². The monoisotopic (exact) mass is 487 g/mol. The fourth-order valence-electron chi connectivity index (χ4n) is 9.23. The van der Waals surface area contributed by atoms with E-state index < -0.39 is 8.30 Å². The molecular formula is C27H38NO3PS. The van der Waals surface area contributed by atoms with Gasteiger partial charge in [-0.15, -0.1) is 6.58 Å². The molecule has 0 aromatic heterocycles. The first-order valence-electron chi connectivity index (χ1n) is 13.9. The normalized spacial score (nSPS) is 54.8. The van der Waals surface area contributed by atoms with Gasteiger partial charge in [0.05, 0.1) is 12.2 Å². The van der Waals surface area contributed by atoms with Crippen molar-refractivity contribution in [2.24, 2.45) is 29.6 Å². The Morgan fingerprint density at radius 3 is 2.70 bits per heavy atom. The van der Waals surface area contributed by atoms with Crippen LogP contribution in [0.4, 0.5) is 0 Å². The summed E-state index contributed by atoms with van der Waals surface area (Å²) < 4.78 is 24.0. The van der Waals surface area contributed by atoms with Gasteiger partial charge >= 0.3 is 0 Å². The lowest BCUT2D eigenvalue weighted by Gasteiger charge is -2.59. The Hall–Kier alpha value is -0.0600. The molecule has 6 fully saturated rings. The Morgan fingerprint density at radius 2 is 1.76 bits per heavy atom. The molecule has 33 heavy (non-hydrogen) atoms. The lowest BCUT2D eigenvalue weighted by Crippen LogP contribution is -2.57. The third kappa shape index (κ3) is 2.98. The Labute approximate surface area is 204 Å². The van der Waals surface area contributed by atoms with Crippen LogP contribution in [0.25, 0.3) is 0 Å². The third-order valence-electron chi connectivity index (χ3n) is 10.5. The molecule has 8 rings (SSSR count). The minimum absolute atomic E-state index is 0.247. The van der Waals surface area contributed by atoms with Crippen molar-refractivity contribution >= 4 is 20.1 Å². The van der Waals surface area contributed by atoms with E-state index in [1.54, 1.807) is 5.57 Å². The zero-order valence-corrected chi connectivity index (χ0v) is 21.4. The first-order chi connectivity index (χ1) is 16.3. The minimum atomic E-state index is -0.645. The molecule has 8 aliphatic rings. The van der Waals surface area contributed by atoms with E-state index in [1.165, 1.54) is 75.7 Å². The highest BCUT2D eigenvalue weighted by molar-refractivity contribution is 8.03. The van der Waals surface area contributed by atoms with Gasteiger partial charge in [0, 0.05) is 35.2 Å². The maximum absolute atomic E-state index is 7.29. The van der Waals surface area contributed by atoms with Crippen LogP contribution >= 0.6 is 20.1 Å². The van der Waals surface area contributed by atoms with E-state index in [2.05, 4.69) is 29.1 Å². The summed E-state index contributed by atoms with van der Waals surface area (Å²) in [5.41, 5.74) is 2.34. The van der Waals surface area contributed by atoms with Crippen LogP contribution in [0.1, 0.15) is 70.6 Å². The van der Waals surface area contributed by atoms with Gasteiger partial charge in [-0.3, -0.25) is 0 Å². The minimum Gasteiger partial charge on any atom is -0.484 e. The number of piperidine rings is 1. The summed E-state index contributed by atoms with van der Waals surface area (Å²) in [6.07, 6.45) is 17.9. The quantitative estimate of drug-likeness (QED) is 0.314. The second-order valence-corrected chi connectivity index (χ2v) is 15.0. The SMILES string of the molecule is C=CC1C2CCC3SC4=C(C31)C1C(CCC3C5CCCCC5OP(C31)N1CCCCC1O2)O4. The van der Waals surface area contributed by atoms with Gasteiger partial charge in [-0.1, -0.05) is 30.7 Å². The van der Waals surface area contributed by atoms with Crippen molar-refractivity contribution < 1.29 is 14.0 Å². The zero-order chi connectivity index (χ0) is 21.7. The molecule has 0 radical (unpaired) electrons. The van der Waals surface area contributed by atoms with Gasteiger partial charge in [0.1, 0.15) is 20.6 Å². The fraction of sp³-hybridized carbons (Fsp3) is 0.852. The van der Waals surface area contributed by atoms with Gasteiger partial charge in [-0.05, 0) is 75.2 Å². The molecule has 5 aliphatic heterocycles. The molecule has 3 saturated heterocycles. The van der Waals surface area contributed by atoms with Gasteiger partial charge in [0.2, 0.25) is 0 Å². The summed E-state index contributed by atoms with van der Waals surface area (Å²) in [5.74, 6) is 3.19. The van der Waals surface area contributed by atoms with Crippen molar-refractivity contribution in [3.63, 3.8) is 0 Å². The highest BCUT2D eigenvalue weighted by Gasteiger charge is 2.63. The largest absolute Gasteiger partial charge is 0.484 e. The van der Waals surface area contributed by atoms with Crippen LogP contribution in [0.15, 0.2) is 23.3 Å². The summed E-state index contributed by atoms with van der Waals surface area (Å²) >= 11 is 2.08.